The van der Waals surface area contributed by atoms with Crippen molar-refractivity contribution in [2.75, 3.05) is 5.32 Å². The number of carbonyl (C=O) groups excluding carboxylic acids is 1. The Bertz CT molecular complexity index is 637. The molecule has 3 rings (SSSR count). The fourth-order valence-corrected chi connectivity index (χ4v) is 2.54. The van der Waals surface area contributed by atoms with E-state index in [4.69, 9.17) is 0 Å². The largest absolute Gasteiger partial charge is 0.508 e. The van der Waals surface area contributed by atoms with Gasteiger partial charge in [0.2, 0.25) is 5.91 Å². The Kier molecular flexibility index (Phi) is 3.18. The van der Waals surface area contributed by atoms with Crippen LogP contribution in [-0.4, -0.2) is 11.0 Å². The number of aromatic hydroxyl groups is 1. The number of anilines is 1. The van der Waals surface area contributed by atoms with Crippen molar-refractivity contribution in [2.24, 2.45) is 5.92 Å². The molecule has 3 heteroatoms. The molecule has 0 bridgehead atoms. The van der Waals surface area contributed by atoms with Crippen LogP contribution in [0.3, 0.4) is 0 Å². The van der Waals surface area contributed by atoms with Crippen molar-refractivity contribution >= 4 is 11.6 Å². The van der Waals surface area contributed by atoms with Crippen molar-refractivity contribution in [1.29, 1.82) is 0 Å². The van der Waals surface area contributed by atoms with Gasteiger partial charge in [0.25, 0.3) is 0 Å². The number of hydrogen-bond acceptors (Lipinski definition) is 2. The zero-order chi connectivity index (χ0) is 14.1. The van der Waals surface area contributed by atoms with E-state index in [0.29, 0.717) is 17.2 Å². The summed E-state index contributed by atoms with van der Waals surface area (Å²) in [4.78, 5) is 12.2. The molecule has 1 fully saturated rings. The molecule has 1 saturated carbocycles. The summed E-state index contributed by atoms with van der Waals surface area (Å²) in [5.41, 5.74) is 2.62. The Hall–Kier alpha value is -2.29. The monoisotopic (exact) mass is 267 g/mol. The number of amides is 1. The predicted molar refractivity (Wildman–Crippen MR) is 78.8 cm³/mol. The summed E-state index contributed by atoms with van der Waals surface area (Å²) in [5.74, 6) is 0.610. The molecule has 0 saturated heterocycles. The molecule has 2 aromatic rings. The molecule has 20 heavy (non-hydrogen) atoms. The summed E-state index contributed by atoms with van der Waals surface area (Å²) in [5, 5.41) is 12.6. The van der Waals surface area contributed by atoms with E-state index >= 15 is 0 Å². The third-order valence-corrected chi connectivity index (χ3v) is 3.92. The molecular formula is C17H17NO2. The van der Waals surface area contributed by atoms with Crippen LogP contribution < -0.4 is 5.32 Å². The molecule has 0 radical (unpaired) electrons. The second-order valence-electron chi connectivity index (χ2n) is 5.30. The molecule has 2 atom stereocenters. The van der Waals surface area contributed by atoms with Crippen LogP contribution in [0.15, 0.2) is 48.5 Å². The van der Waals surface area contributed by atoms with Gasteiger partial charge in [-0.05, 0) is 37.0 Å². The summed E-state index contributed by atoms with van der Waals surface area (Å²) in [7, 11) is 0. The molecule has 2 aromatic carbocycles. The number of phenols is 1. The summed E-state index contributed by atoms with van der Waals surface area (Å²) in [6.07, 6.45) is 0.897. The number of rotatable bonds is 3. The number of hydrogen-bond donors (Lipinski definition) is 2. The Morgan fingerprint density at radius 2 is 1.90 bits per heavy atom. The maximum atomic E-state index is 12.2. The van der Waals surface area contributed by atoms with Gasteiger partial charge in [-0.1, -0.05) is 36.4 Å². The Morgan fingerprint density at radius 1 is 1.15 bits per heavy atom. The van der Waals surface area contributed by atoms with Crippen LogP contribution in [0.2, 0.25) is 0 Å². The highest BCUT2D eigenvalue weighted by atomic mass is 16.3. The fourth-order valence-electron chi connectivity index (χ4n) is 2.54. The third kappa shape index (κ3) is 2.39. The molecule has 1 aliphatic carbocycles. The van der Waals surface area contributed by atoms with Gasteiger partial charge < -0.3 is 10.4 Å². The van der Waals surface area contributed by atoms with Gasteiger partial charge in [-0.15, -0.1) is 0 Å². The maximum absolute atomic E-state index is 12.2. The van der Waals surface area contributed by atoms with Gasteiger partial charge in [-0.3, -0.25) is 4.79 Å². The average molecular weight is 267 g/mol. The van der Waals surface area contributed by atoms with Crippen LogP contribution in [0.1, 0.15) is 23.5 Å². The first kappa shape index (κ1) is 12.7. The molecule has 1 amide bonds. The molecule has 1 aliphatic rings. The first-order valence-electron chi connectivity index (χ1n) is 6.81. The standard InChI is InChI=1S/C17H17NO2/c1-11-15(8-5-9-16(11)19)18-17(20)14-10-13(14)12-6-3-2-4-7-12/h2-9,13-14,19H,10H2,1H3,(H,18,20). The van der Waals surface area contributed by atoms with E-state index in [0.717, 1.165) is 6.42 Å². The van der Waals surface area contributed by atoms with E-state index in [2.05, 4.69) is 17.4 Å². The Morgan fingerprint density at radius 3 is 2.65 bits per heavy atom. The van der Waals surface area contributed by atoms with Crippen LogP contribution in [-0.2, 0) is 4.79 Å². The number of phenolic OH excluding ortho intramolecular Hbond substituents is 1. The molecule has 0 aromatic heterocycles. The van der Waals surface area contributed by atoms with Crippen molar-refractivity contribution in [3.05, 3.63) is 59.7 Å². The van der Waals surface area contributed by atoms with E-state index in [9.17, 15) is 9.90 Å². The highest BCUT2D eigenvalue weighted by Gasteiger charge is 2.43. The summed E-state index contributed by atoms with van der Waals surface area (Å²) in [6.45, 7) is 1.80. The van der Waals surface area contributed by atoms with E-state index in [1.165, 1.54) is 5.56 Å². The molecule has 0 spiro atoms. The summed E-state index contributed by atoms with van der Waals surface area (Å²) >= 11 is 0. The lowest BCUT2D eigenvalue weighted by Gasteiger charge is -2.09. The van der Waals surface area contributed by atoms with E-state index in [1.54, 1.807) is 19.1 Å². The zero-order valence-electron chi connectivity index (χ0n) is 11.3. The highest BCUT2D eigenvalue weighted by molar-refractivity contribution is 5.96. The van der Waals surface area contributed by atoms with E-state index < -0.39 is 0 Å². The van der Waals surface area contributed by atoms with Gasteiger partial charge in [-0.25, -0.2) is 0 Å². The molecule has 2 N–H and O–H groups in total. The van der Waals surface area contributed by atoms with Gasteiger partial charge in [-0.2, -0.15) is 0 Å². The molecule has 3 nitrogen and oxygen atoms in total. The topological polar surface area (TPSA) is 49.3 Å². The van der Waals surface area contributed by atoms with Crippen molar-refractivity contribution in [2.45, 2.75) is 19.3 Å². The first-order chi connectivity index (χ1) is 9.66. The van der Waals surface area contributed by atoms with Crippen LogP contribution in [0.25, 0.3) is 0 Å². The SMILES string of the molecule is Cc1c(O)cccc1NC(=O)C1CC1c1ccccc1. The Labute approximate surface area is 118 Å². The average Bonchev–Trinajstić information content (AvgIpc) is 3.25. The second kappa shape index (κ2) is 5.00. The summed E-state index contributed by atoms with van der Waals surface area (Å²) < 4.78 is 0. The van der Waals surface area contributed by atoms with Crippen LogP contribution in [0.4, 0.5) is 5.69 Å². The number of nitrogens with one attached hydrogen (secondary N) is 1. The molecule has 0 aliphatic heterocycles. The minimum atomic E-state index is 0.0348. The van der Waals surface area contributed by atoms with Crippen LogP contribution in [0.5, 0.6) is 5.75 Å². The number of carbonyl (C=O) groups is 1. The van der Waals surface area contributed by atoms with Crippen LogP contribution >= 0.6 is 0 Å². The smallest absolute Gasteiger partial charge is 0.228 e. The van der Waals surface area contributed by atoms with Gasteiger partial charge in [0, 0.05) is 17.2 Å². The first-order valence-corrected chi connectivity index (χ1v) is 6.81. The molecular weight excluding hydrogens is 250 g/mol. The van der Waals surface area contributed by atoms with Gasteiger partial charge in [0.05, 0.1) is 0 Å². The van der Waals surface area contributed by atoms with Crippen molar-refractivity contribution in [3.8, 4) is 5.75 Å². The second-order valence-corrected chi connectivity index (χ2v) is 5.30. The van der Waals surface area contributed by atoms with Crippen molar-refractivity contribution < 1.29 is 9.90 Å². The minimum absolute atomic E-state index is 0.0348. The third-order valence-electron chi connectivity index (χ3n) is 3.92. The maximum Gasteiger partial charge on any atom is 0.228 e. The highest BCUT2D eigenvalue weighted by Crippen LogP contribution is 2.48. The molecule has 0 heterocycles. The van der Waals surface area contributed by atoms with Gasteiger partial charge in [0.15, 0.2) is 0 Å². The van der Waals surface area contributed by atoms with Gasteiger partial charge >= 0.3 is 0 Å². The minimum Gasteiger partial charge on any atom is -0.508 e. The number of benzene rings is 2. The zero-order valence-corrected chi connectivity index (χ0v) is 11.3. The normalized spacial score (nSPS) is 20.4. The Balaban J connectivity index is 1.69. The molecule has 102 valence electrons. The van der Waals surface area contributed by atoms with Crippen LogP contribution in [0, 0.1) is 12.8 Å². The fraction of sp³-hybridized carbons (Fsp3) is 0.235. The van der Waals surface area contributed by atoms with E-state index in [-0.39, 0.29) is 17.6 Å². The predicted octanol–water partition coefficient (Wildman–Crippen LogP) is 3.44. The van der Waals surface area contributed by atoms with Crippen molar-refractivity contribution in [3.63, 3.8) is 0 Å². The molecule has 2 unspecified atom stereocenters. The lowest BCUT2D eigenvalue weighted by Crippen LogP contribution is -2.15. The quantitative estimate of drug-likeness (QED) is 0.895. The van der Waals surface area contributed by atoms with E-state index in [1.807, 2.05) is 24.3 Å². The van der Waals surface area contributed by atoms with Crippen molar-refractivity contribution in [1.82, 2.24) is 0 Å². The van der Waals surface area contributed by atoms with Gasteiger partial charge in [0.1, 0.15) is 5.75 Å². The summed E-state index contributed by atoms with van der Waals surface area (Å²) in [6, 6.07) is 15.3. The lowest BCUT2D eigenvalue weighted by atomic mass is 10.1. The lowest BCUT2D eigenvalue weighted by molar-refractivity contribution is -0.117.